The van der Waals surface area contributed by atoms with Crippen molar-refractivity contribution >= 4 is 15.9 Å². The number of carbonyl (C=O) groups is 1. The molecule has 19 heavy (non-hydrogen) atoms. The number of hydrogen-bond acceptors (Lipinski definition) is 3. The van der Waals surface area contributed by atoms with Crippen LogP contribution in [0.1, 0.15) is 37.0 Å². The molecule has 0 spiro atoms. The molecule has 4 nitrogen and oxygen atoms in total. The molecule has 1 aromatic rings. The van der Waals surface area contributed by atoms with E-state index in [4.69, 9.17) is 0 Å². The Hall–Kier alpha value is -1.36. The van der Waals surface area contributed by atoms with Gasteiger partial charge in [-0.2, -0.15) is 0 Å². The van der Waals surface area contributed by atoms with Crippen LogP contribution in [-0.2, 0) is 14.8 Å². The summed E-state index contributed by atoms with van der Waals surface area (Å²) in [4.78, 5) is 12.0. The average Bonchev–Trinajstić information content (AvgIpc) is 2.24. The molecule has 1 rings (SSSR count). The smallest absolute Gasteiger partial charge is 0.264 e. The van der Waals surface area contributed by atoms with Crippen molar-refractivity contribution in [2.24, 2.45) is 5.92 Å². The molecule has 0 saturated carbocycles. The van der Waals surface area contributed by atoms with E-state index in [1.807, 2.05) is 13.8 Å². The molecule has 5 heteroatoms. The quantitative estimate of drug-likeness (QED) is 0.923. The van der Waals surface area contributed by atoms with Crippen LogP contribution in [0.25, 0.3) is 0 Å². The molecule has 106 valence electrons. The molecular weight excluding hydrogens is 262 g/mol. The minimum atomic E-state index is -3.79. The second-order valence-corrected chi connectivity index (χ2v) is 6.63. The Morgan fingerprint density at radius 2 is 1.68 bits per heavy atom. The van der Waals surface area contributed by atoms with Crippen LogP contribution in [0.15, 0.2) is 17.0 Å². The fraction of sp³-hybridized carbons (Fsp3) is 0.500. The van der Waals surface area contributed by atoms with E-state index in [1.54, 1.807) is 32.9 Å². The van der Waals surface area contributed by atoms with Crippen LogP contribution in [0.5, 0.6) is 0 Å². The van der Waals surface area contributed by atoms with E-state index in [2.05, 4.69) is 4.72 Å². The SMILES string of the molecule is CC[C@@H](C)C(=O)NS(=O)(=O)c1c(C)cc(C)cc1C. The minimum absolute atomic E-state index is 0.203. The number of rotatable bonds is 4. The van der Waals surface area contributed by atoms with Crippen LogP contribution < -0.4 is 4.72 Å². The van der Waals surface area contributed by atoms with Crippen molar-refractivity contribution in [1.82, 2.24) is 4.72 Å². The maximum absolute atomic E-state index is 12.3. The van der Waals surface area contributed by atoms with Gasteiger partial charge in [0.1, 0.15) is 0 Å². The lowest BCUT2D eigenvalue weighted by atomic mass is 10.1. The lowest BCUT2D eigenvalue weighted by molar-refractivity contribution is -0.122. The largest absolute Gasteiger partial charge is 0.274 e. The first-order chi connectivity index (χ1) is 8.69. The molecule has 0 aliphatic rings. The number of sulfonamides is 1. The molecule has 0 saturated heterocycles. The maximum atomic E-state index is 12.3. The highest BCUT2D eigenvalue weighted by atomic mass is 32.2. The number of hydrogen-bond donors (Lipinski definition) is 1. The topological polar surface area (TPSA) is 63.2 Å². The number of nitrogens with one attached hydrogen (secondary N) is 1. The van der Waals surface area contributed by atoms with Crippen molar-refractivity contribution in [3.8, 4) is 0 Å². The summed E-state index contributed by atoms with van der Waals surface area (Å²) in [6.45, 7) is 8.94. The molecule has 0 fully saturated rings. The van der Waals surface area contributed by atoms with E-state index in [0.29, 0.717) is 17.5 Å². The van der Waals surface area contributed by atoms with Gasteiger partial charge in [-0.1, -0.05) is 31.5 Å². The van der Waals surface area contributed by atoms with Crippen molar-refractivity contribution in [1.29, 1.82) is 0 Å². The van der Waals surface area contributed by atoms with E-state index >= 15 is 0 Å². The number of benzene rings is 1. The molecule has 1 amide bonds. The fourth-order valence-corrected chi connectivity index (χ4v) is 3.59. The monoisotopic (exact) mass is 283 g/mol. The second kappa shape index (κ2) is 5.74. The van der Waals surface area contributed by atoms with Gasteiger partial charge < -0.3 is 0 Å². The molecule has 1 aromatic carbocycles. The maximum Gasteiger partial charge on any atom is 0.264 e. The standard InChI is InChI=1S/C14H21NO3S/c1-6-10(3)14(16)15-19(17,18)13-11(4)7-9(2)8-12(13)5/h7-8,10H,6H2,1-5H3,(H,15,16)/t10-/m1/s1. The molecule has 0 aliphatic heterocycles. The summed E-state index contributed by atoms with van der Waals surface area (Å²) >= 11 is 0. The molecule has 1 N–H and O–H groups in total. The Labute approximate surface area is 115 Å². The van der Waals surface area contributed by atoms with Gasteiger partial charge >= 0.3 is 0 Å². The first-order valence-electron chi connectivity index (χ1n) is 6.33. The first kappa shape index (κ1) is 15.7. The zero-order chi connectivity index (χ0) is 14.8. The zero-order valence-electron chi connectivity index (χ0n) is 12.1. The van der Waals surface area contributed by atoms with E-state index < -0.39 is 15.9 Å². The van der Waals surface area contributed by atoms with Crippen molar-refractivity contribution < 1.29 is 13.2 Å². The summed E-state index contributed by atoms with van der Waals surface area (Å²) in [5.74, 6) is -0.775. The predicted octanol–water partition coefficient (Wildman–Crippen LogP) is 2.46. The summed E-state index contributed by atoms with van der Waals surface area (Å²) in [5.41, 5.74) is 2.31. The molecule has 0 unspecified atom stereocenters. The van der Waals surface area contributed by atoms with E-state index in [0.717, 1.165) is 5.56 Å². The van der Waals surface area contributed by atoms with Crippen LogP contribution in [0.3, 0.4) is 0 Å². The van der Waals surface area contributed by atoms with Gasteiger partial charge in [0.05, 0.1) is 4.90 Å². The van der Waals surface area contributed by atoms with E-state index in [9.17, 15) is 13.2 Å². The fourth-order valence-electron chi connectivity index (χ4n) is 2.06. The lowest BCUT2D eigenvalue weighted by Gasteiger charge is -2.15. The third-order valence-electron chi connectivity index (χ3n) is 3.17. The normalized spacial score (nSPS) is 13.1. The molecule has 1 atom stereocenters. The summed E-state index contributed by atoms with van der Waals surface area (Å²) in [5, 5.41) is 0. The van der Waals surface area contributed by atoms with Gasteiger partial charge in [-0.25, -0.2) is 13.1 Å². The minimum Gasteiger partial charge on any atom is -0.274 e. The summed E-state index contributed by atoms with van der Waals surface area (Å²) in [6, 6.07) is 3.60. The molecule has 0 aliphatic carbocycles. The highest BCUT2D eigenvalue weighted by Crippen LogP contribution is 2.21. The van der Waals surface area contributed by atoms with Gasteiger partial charge in [-0.3, -0.25) is 4.79 Å². The van der Waals surface area contributed by atoms with Crippen molar-refractivity contribution in [2.75, 3.05) is 0 Å². The second-order valence-electron chi connectivity index (χ2n) is 5.01. The number of amides is 1. The van der Waals surface area contributed by atoms with Gasteiger partial charge in [-0.15, -0.1) is 0 Å². The van der Waals surface area contributed by atoms with Crippen LogP contribution >= 0.6 is 0 Å². The van der Waals surface area contributed by atoms with Crippen LogP contribution in [0, 0.1) is 26.7 Å². The Balaban J connectivity index is 3.19. The zero-order valence-corrected chi connectivity index (χ0v) is 12.9. The van der Waals surface area contributed by atoms with Gasteiger partial charge in [0.25, 0.3) is 10.0 Å². The van der Waals surface area contributed by atoms with Crippen LogP contribution in [-0.4, -0.2) is 14.3 Å². The number of carbonyl (C=O) groups excluding carboxylic acids is 1. The Morgan fingerprint density at radius 1 is 1.21 bits per heavy atom. The van der Waals surface area contributed by atoms with Gasteiger partial charge in [0.15, 0.2) is 0 Å². The van der Waals surface area contributed by atoms with E-state index in [-0.39, 0.29) is 10.8 Å². The molecule has 0 heterocycles. The van der Waals surface area contributed by atoms with Crippen molar-refractivity contribution in [3.05, 3.63) is 28.8 Å². The highest BCUT2D eigenvalue weighted by molar-refractivity contribution is 7.90. The molecule has 0 aromatic heterocycles. The Morgan fingerprint density at radius 3 is 2.11 bits per heavy atom. The summed E-state index contributed by atoms with van der Waals surface area (Å²) in [6.07, 6.45) is 0.604. The predicted molar refractivity (Wildman–Crippen MR) is 75.4 cm³/mol. The Bertz CT molecular complexity index is 568. The summed E-state index contributed by atoms with van der Waals surface area (Å²) < 4.78 is 26.7. The first-order valence-corrected chi connectivity index (χ1v) is 7.81. The highest BCUT2D eigenvalue weighted by Gasteiger charge is 2.24. The van der Waals surface area contributed by atoms with Crippen LogP contribution in [0.4, 0.5) is 0 Å². The van der Waals surface area contributed by atoms with E-state index in [1.165, 1.54) is 0 Å². The van der Waals surface area contributed by atoms with Gasteiger partial charge in [0, 0.05) is 5.92 Å². The van der Waals surface area contributed by atoms with Gasteiger partial charge in [-0.05, 0) is 38.3 Å². The molecule has 0 bridgehead atoms. The van der Waals surface area contributed by atoms with Crippen LogP contribution in [0.2, 0.25) is 0 Å². The third-order valence-corrected chi connectivity index (χ3v) is 4.82. The average molecular weight is 283 g/mol. The molecular formula is C14H21NO3S. The summed E-state index contributed by atoms with van der Waals surface area (Å²) in [7, 11) is -3.79. The van der Waals surface area contributed by atoms with Crippen molar-refractivity contribution in [2.45, 2.75) is 45.9 Å². The van der Waals surface area contributed by atoms with Crippen molar-refractivity contribution in [3.63, 3.8) is 0 Å². The van der Waals surface area contributed by atoms with Gasteiger partial charge in [0.2, 0.25) is 5.91 Å². The Kier molecular flexibility index (Phi) is 4.74. The lowest BCUT2D eigenvalue weighted by Crippen LogP contribution is -2.35. The third kappa shape index (κ3) is 3.56. The number of aryl methyl sites for hydroxylation is 3. The molecule has 0 radical (unpaired) electrons.